The molecule has 0 aliphatic heterocycles. The summed E-state index contributed by atoms with van der Waals surface area (Å²) in [6.45, 7) is 0. The van der Waals surface area contributed by atoms with Crippen molar-refractivity contribution in [2.24, 2.45) is 5.92 Å². The van der Waals surface area contributed by atoms with Gasteiger partial charge in [0.2, 0.25) is 5.24 Å². The molecule has 0 aromatic rings. The second-order valence-electron chi connectivity index (χ2n) is 2.16. The fourth-order valence-corrected chi connectivity index (χ4v) is 1.06. The van der Waals surface area contributed by atoms with Crippen molar-refractivity contribution < 1.29 is 13.6 Å². The van der Waals surface area contributed by atoms with Crippen molar-refractivity contribution in [1.82, 2.24) is 0 Å². The Balaban J connectivity index is 2.55. The fraction of sp³-hybridized carbons (Fsp3) is 0.800. The van der Waals surface area contributed by atoms with Crippen LogP contribution in [0.15, 0.2) is 0 Å². The van der Waals surface area contributed by atoms with Crippen LogP contribution in [-0.2, 0) is 4.79 Å². The van der Waals surface area contributed by atoms with Crippen molar-refractivity contribution in [2.45, 2.75) is 18.8 Å². The van der Waals surface area contributed by atoms with Gasteiger partial charge in [-0.15, -0.1) is 0 Å². The van der Waals surface area contributed by atoms with E-state index in [9.17, 15) is 13.6 Å². The summed E-state index contributed by atoms with van der Waals surface area (Å²) in [5.74, 6) is -4.03. The smallest absolute Gasteiger partial charge is 0.259 e. The summed E-state index contributed by atoms with van der Waals surface area (Å²) in [7, 11) is 0. The van der Waals surface area contributed by atoms with Crippen LogP contribution >= 0.6 is 11.6 Å². The van der Waals surface area contributed by atoms with Gasteiger partial charge in [-0.05, 0) is 18.0 Å². The van der Waals surface area contributed by atoms with Crippen LogP contribution in [-0.4, -0.2) is 11.2 Å². The first kappa shape index (κ1) is 6.93. The number of carbonyl (C=O) groups is 1. The SMILES string of the molecule is O=C(Cl)C1CCC1(F)F. The van der Waals surface area contributed by atoms with E-state index in [0.29, 0.717) is 0 Å². The van der Waals surface area contributed by atoms with E-state index in [0.717, 1.165) is 0 Å². The molecule has 0 spiro atoms. The molecule has 0 heterocycles. The van der Waals surface area contributed by atoms with E-state index in [1.807, 2.05) is 0 Å². The number of hydrogen-bond donors (Lipinski definition) is 0. The van der Waals surface area contributed by atoms with Gasteiger partial charge in [-0.2, -0.15) is 0 Å². The zero-order valence-corrected chi connectivity index (χ0v) is 5.29. The van der Waals surface area contributed by atoms with Gasteiger partial charge in [0, 0.05) is 6.42 Å². The third-order valence-electron chi connectivity index (χ3n) is 1.55. The Morgan fingerprint density at radius 1 is 1.67 bits per heavy atom. The summed E-state index contributed by atoms with van der Waals surface area (Å²) in [6.07, 6.45) is 0.0332. The molecule has 0 aromatic heterocycles. The first-order valence-corrected chi connectivity index (χ1v) is 2.99. The summed E-state index contributed by atoms with van der Waals surface area (Å²) in [5, 5.41) is -0.911. The van der Waals surface area contributed by atoms with E-state index < -0.39 is 17.1 Å². The average molecular weight is 155 g/mol. The molecule has 1 nitrogen and oxygen atoms in total. The lowest BCUT2D eigenvalue weighted by Gasteiger charge is -2.32. The molecule has 1 unspecified atom stereocenters. The molecule has 0 aromatic carbocycles. The highest BCUT2D eigenvalue weighted by Gasteiger charge is 2.51. The van der Waals surface area contributed by atoms with E-state index in [1.54, 1.807) is 0 Å². The molecule has 1 aliphatic carbocycles. The Morgan fingerprint density at radius 3 is 2.22 bits per heavy atom. The molecule has 1 atom stereocenters. The van der Waals surface area contributed by atoms with E-state index in [1.165, 1.54) is 0 Å². The van der Waals surface area contributed by atoms with Gasteiger partial charge in [-0.1, -0.05) is 0 Å². The highest BCUT2D eigenvalue weighted by molar-refractivity contribution is 6.64. The maximum atomic E-state index is 12.1. The monoisotopic (exact) mass is 154 g/mol. The first-order chi connectivity index (χ1) is 4.04. The summed E-state index contributed by atoms with van der Waals surface area (Å²) < 4.78 is 24.3. The Bertz CT molecular complexity index is 146. The van der Waals surface area contributed by atoms with Crippen LogP contribution in [0.25, 0.3) is 0 Å². The van der Waals surface area contributed by atoms with Crippen molar-refractivity contribution in [3.8, 4) is 0 Å². The quantitative estimate of drug-likeness (QED) is 0.527. The zero-order valence-electron chi connectivity index (χ0n) is 4.53. The van der Waals surface area contributed by atoms with Crippen LogP contribution in [0.5, 0.6) is 0 Å². The van der Waals surface area contributed by atoms with Crippen molar-refractivity contribution in [3.63, 3.8) is 0 Å². The Morgan fingerprint density at radius 2 is 2.22 bits per heavy atom. The normalized spacial score (nSPS) is 31.2. The Kier molecular flexibility index (Phi) is 1.47. The molecule has 1 aliphatic rings. The molecular formula is C5H5ClF2O. The van der Waals surface area contributed by atoms with Crippen molar-refractivity contribution in [1.29, 1.82) is 0 Å². The van der Waals surface area contributed by atoms with Crippen molar-refractivity contribution >= 4 is 16.8 Å². The Labute approximate surface area is 56.0 Å². The maximum absolute atomic E-state index is 12.1. The molecular weight excluding hydrogens is 150 g/mol. The molecule has 0 N–H and O–H groups in total. The second kappa shape index (κ2) is 1.90. The Hall–Kier alpha value is -0.180. The number of halogens is 3. The highest BCUT2D eigenvalue weighted by Crippen LogP contribution is 2.44. The van der Waals surface area contributed by atoms with E-state index >= 15 is 0 Å². The molecule has 0 radical (unpaired) electrons. The van der Waals surface area contributed by atoms with Gasteiger partial charge >= 0.3 is 0 Å². The lowest BCUT2D eigenvalue weighted by atomic mass is 9.82. The largest absolute Gasteiger partial charge is 0.281 e. The van der Waals surface area contributed by atoms with Crippen LogP contribution in [0.3, 0.4) is 0 Å². The van der Waals surface area contributed by atoms with Crippen molar-refractivity contribution in [3.05, 3.63) is 0 Å². The highest BCUT2D eigenvalue weighted by atomic mass is 35.5. The van der Waals surface area contributed by atoms with Gasteiger partial charge in [0.1, 0.15) is 0 Å². The minimum atomic E-state index is -2.82. The number of alkyl halides is 2. The fourth-order valence-electron chi connectivity index (χ4n) is 0.786. The predicted octanol–water partition coefficient (Wildman–Crippen LogP) is 1.80. The number of rotatable bonds is 1. The zero-order chi connectivity index (χ0) is 7.07. The average Bonchev–Trinajstić information content (AvgIpc) is 1.62. The summed E-state index contributed by atoms with van der Waals surface area (Å²) in [5.41, 5.74) is 0. The van der Waals surface area contributed by atoms with E-state index in [-0.39, 0.29) is 12.8 Å². The summed E-state index contributed by atoms with van der Waals surface area (Å²) in [4.78, 5) is 10.1. The standard InChI is InChI=1S/C5H5ClF2O/c6-4(9)3-1-2-5(3,7)8/h3H,1-2H2. The minimum absolute atomic E-state index is 0.198. The lowest BCUT2D eigenvalue weighted by molar-refractivity contribution is -0.152. The molecule has 4 heteroatoms. The topological polar surface area (TPSA) is 17.1 Å². The van der Waals surface area contributed by atoms with Crippen LogP contribution in [0, 0.1) is 5.92 Å². The van der Waals surface area contributed by atoms with Crippen LogP contribution in [0.2, 0.25) is 0 Å². The molecule has 0 amide bonds. The third-order valence-corrected chi connectivity index (χ3v) is 1.81. The van der Waals surface area contributed by atoms with E-state index in [2.05, 4.69) is 0 Å². The van der Waals surface area contributed by atoms with Gasteiger partial charge in [-0.25, -0.2) is 8.78 Å². The molecule has 52 valence electrons. The van der Waals surface area contributed by atoms with Gasteiger partial charge in [-0.3, -0.25) is 4.79 Å². The predicted molar refractivity (Wildman–Crippen MR) is 28.5 cm³/mol. The molecule has 1 rings (SSSR count). The number of hydrogen-bond acceptors (Lipinski definition) is 1. The molecule has 1 saturated carbocycles. The summed E-state index contributed by atoms with van der Waals surface area (Å²) in [6, 6.07) is 0. The van der Waals surface area contributed by atoms with E-state index in [4.69, 9.17) is 11.6 Å². The molecule has 1 fully saturated rings. The van der Waals surface area contributed by atoms with Crippen molar-refractivity contribution in [2.75, 3.05) is 0 Å². The third kappa shape index (κ3) is 1.06. The van der Waals surface area contributed by atoms with Gasteiger partial charge in [0.15, 0.2) is 0 Å². The maximum Gasteiger partial charge on any atom is 0.259 e. The molecule has 9 heavy (non-hydrogen) atoms. The number of carbonyl (C=O) groups excluding carboxylic acids is 1. The van der Waals surface area contributed by atoms with Crippen LogP contribution < -0.4 is 0 Å². The van der Waals surface area contributed by atoms with Crippen LogP contribution in [0.4, 0.5) is 8.78 Å². The van der Waals surface area contributed by atoms with Gasteiger partial charge in [0.25, 0.3) is 5.92 Å². The second-order valence-corrected chi connectivity index (χ2v) is 2.53. The van der Waals surface area contributed by atoms with Crippen LogP contribution in [0.1, 0.15) is 12.8 Å². The summed E-state index contributed by atoms with van der Waals surface area (Å²) >= 11 is 4.85. The molecule has 0 bridgehead atoms. The first-order valence-electron chi connectivity index (χ1n) is 2.61. The van der Waals surface area contributed by atoms with Gasteiger partial charge in [0.05, 0.1) is 5.92 Å². The lowest BCUT2D eigenvalue weighted by Crippen LogP contribution is -2.42. The van der Waals surface area contributed by atoms with Gasteiger partial charge < -0.3 is 0 Å². The molecule has 0 saturated heterocycles. The minimum Gasteiger partial charge on any atom is -0.281 e.